The standard InChI is InChI=1S/C20H23F2N3O2/c1-5-24(4)12-23-18-8-14(3)19(9-13(18)2)25(20(26)27)11-15-6-7-16(21)17(22)10-15/h6-10,12H,5,11H2,1-4H3,(H,26,27). The molecule has 0 saturated heterocycles. The average molecular weight is 375 g/mol. The Morgan fingerprint density at radius 3 is 2.44 bits per heavy atom. The zero-order chi connectivity index (χ0) is 20.1. The van der Waals surface area contributed by atoms with Crippen molar-refractivity contribution in [2.75, 3.05) is 18.5 Å². The zero-order valence-electron chi connectivity index (χ0n) is 15.8. The molecule has 2 aromatic carbocycles. The molecule has 0 aromatic heterocycles. The number of hydrogen-bond acceptors (Lipinski definition) is 2. The van der Waals surface area contributed by atoms with Gasteiger partial charge < -0.3 is 10.0 Å². The quantitative estimate of drug-likeness (QED) is 0.578. The topological polar surface area (TPSA) is 56.1 Å². The number of halogens is 2. The lowest BCUT2D eigenvalue weighted by atomic mass is 10.1. The second kappa shape index (κ2) is 8.62. The first kappa shape index (κ1) is 20.4. The van der Waals surface area contributed by atoms with Crippen LogP contribution in [0.3, 0.4) is 0 Å². The molecule has 5 nitrogen and oxygen atoms in total. The fourth-order valence-corrected chi connectivity index (χ4v) is 2.53. The summed E-state index contributed by atoms with van der Waals surface area (Å²) in [7, 11) is 1.91. The minimum Gasteiger partial charge on any atom is -0.465 e. The molecular weight excluding hydrogens is 352 g/mol. The summed E-state index contributed by atoms with van der Waals surface area (Å²) in [6.07, 6.45) is 0.543. The third-order valence-corrected chi connectivity index (χ3v) is 4.25. The molecule has 0 atom stereocenters. The van der Waals surface area contributed by atoms with Gasteiger partial charge in [-0.2, -0.15) is 0 Å². The van der Waals surface area contributed by atoms with E-state index in [1.807, 2.05) is 31.9 Å². The highest BCUT2D eigenvalue weighted by Crippen LogP contribution is 2.30. The molecule has 7 heteroatoms. The number of anilines is 1. The number of carboxylic acid groups (broad SMARTS) is 1. The van der Waals surface area contributed by atoms with Crippen molar-refractivity contribution in [3.63, 3.8) is 0 Å². The Morgan fingerprint density at radius 1 is 1.15 bits per heavy atom. The number of nitrogens with zero attached hydrogens (tertiary/aromatic N) is 3. The van der Waals surface area contributed by atoms with Gasteiger partial charge in [0.25, 0.3) is 0 Å². The Labute approximate surface area is 157 Å². The summed E-state index contributed by atoms with van der Waals surface area (Å²) in [4.78, 5) is 19.2. The van der Waals surface area contributed by atoms with E-state index in [9.17, 15) is 18.7 Å². The summed E-state index contributed by atoms with van der Waals surface area (Å²) < 4.78 is 26.6. The molecule has 1 N–H and O–H groups in total. The molecule has 1 amide bonds. The fourth-order valence-electron chi connectivity index (χ4n) is 2.53. The molecule has 0 unspecified atom stereocenters. The van der Waals surface area contributed by atoms with Crippen LogP contribution < -0.4 is 4.90 Å². The van der Waals surface area contributed by atoms with E-state index in [1.165, 1.54) is 6.07 Å². The van der Waals surface area contributed by atoms with E-state index in [1.54, 1.807) is 19.3 Å². The van der Waals surface area contributed by atoms with Crippen molar-refractivity contribution in [1.29, 1.82) is 0 Å². The van der Waals surface area contributed by atoms with Gasteiger partial charge in [-0.05, 0) is 61.7 Å². The Balaban J connectivity index is 2.36. The first-order valence-corrected chi connectivity index (χ1v) is 8.53. The monoisotopic (exact) mass is 375 g/mol. The Morgan fingerprint density at radius 2 is 1.85 bits per heavy atom. The molecule has 144 valence electrons. The molecule has 0 radical (unpaired) electrons. The lowest BCUT2D eigenvalue weighted by Gasteiger charge is -2.23. The van der Waals surface area contributed by atoms with E-state index in [4.69, 9.17) is 0 Å². The van der Waals surface area contributed by atoms with Gasteiger partial charge in [0, 0.05) is 13.6 Å². The van der Waals surface area contributed by atoms with Crippen molar-refractivity contribution >= 4 is 23.8 Å². The molecule has 0 heterocycles. The van der Waals surface area contributed by atoms with Crippen molar-refractivity contribution in [1.82, 2.24) is 4.90 Å². The Hall–Kier alpha value is -2.96. The predicted octanol–water partition coefficient (Wildman–Crippen LogP) is 4.88. The summed E-state index contributed by atoms with van der Waals surface area (Å²) >= 11 is 0. The lowest BCUT2D eigenvalue weighted by molar-refractivity contribution is 0.201. The van der Waals surface area contributed by atoms with Crippen molar-refractivity contribution < 1.29 is 18.7 Å². The van der Waals surface area contributed by atoms with Crippen LogP contribution in [0.5, 0.6) is 0 Å². The summed E-state index contributed by atoms with van der Waals surface area (Å²) in [6, 6.07) is 6.92. The number of rotatable bonds is 6. The minimum absolute atomic E-state index is 0.0893. The number of aryl methyl sites for hydroxylation is 2. The van der Waals surface area contributed by atoms with Crippen LogP contribution in [0.25, 0.3) is 0 Å². The molecule has 0 bridgehead atoms. The summed E-state index contributed by atoms with van der Waals surface area (Å²) in [5.74, 6) is -1.97. The molecule has 0 aliphatic carbocycles. The summed E-state index contributed by atoms with van der Waals surface area (Å²) in [6.45, 7) is 6.38. The van der Waals surface area contributed by atoms with E-state index in [0.717, 1.165) is 40.4 Å². The van der Waals surface area contributed by atoms with E-state index >= 15 is 0 Å². The van der Waals surface area contributed by atoms with Crippen LogP contribution in [0.1, 0.15) is 23.6 Å². The third-order valence-electron chi connectivity index (χ3n) is 4.25. The molecule has 0 fully saturated rings. The smallest absolute Gasteiger partial charge is 0.412 e. The molecule has 0 spiro atoms. The van der Waals surface area contributed by atoms with Gasteiger partial charge in [0.1, 0.15) is 0 Å². The van der Waals surface area contributed by atoms with E-state index in [0.29, 0.717) is 11.3 Å². The van der Waals surface area contributed by atoms with Crippen LogP contribution in [0.15, 0.2) is 35.3 Å². The van der Waals surface area contributed by atoms with Gasteiger partial charge in [-0.1, -0.05) is 6.07 Å². The highest BCUT2D eigenvalue weighted by Gasteiger charge is 2.19. The van der Waals surface area contributed by atoms with Gasteiger partial charge in [-0.25, -0.2) is 18.6 Å². The first-order valence-electron chi connectivity index (χ1n) is 8.53. The SMILES string of the molecule is CCN(C)C=Nc1cc(C)c(N(Cc2ccc(F)c(F)c2)C(=O)O)cc1C. The van der Waals surface area contributed by atoms with Gasteiger partial charge in [0.15, 0.2) is 11.6 Å². The van der Waals surface area contributed by atoms with Gasteiger partial charge in [-0.3, -0.25) is 4.90 Å². The Kier molecular flexibility index (Phi) is 6.50. The number of amides is 1. The van der Waals surface area contributed by atoms with Crippen LogP contribution >= 0.6 is 0 Å². The Bertz CT molecular complexity index is 869. The van der Waals surface area contributed by atoms with Gasteiger partial charge in [0.05, 0.1) is 24.3 Å². The highest BCUT2D eigenvalue weighted by molar-refractivity contribution is 5.88. The molecule has 0 aliphatic rings. The zero-order valence-corrected chi connectivity index (χ0v) is 15.8. The fraction of sp³-hybridized carbons (Fsp3) is 0.300. The largest absolute Gasteiger partial charge is 0.465 e. The minimum atomic E-state index is -1.18. The maximum Gasteiger partial charge on any atom is 0.412 e. The maximum atomic E-state index is 13.4. The van der Waals surface area contributed by atoms with Crippen molar-refractivity contribution in [2.45, 2.75) is 27.3 Å². The average Bonchev–Trinajstić information content (AvgIpc) is 2.62. The second-order valence-corrected chi connectivity index (χ2v) is 6.36. The second-order valence-electron chi connectivity index (χ2n) is 6.36. The van der Waals surface area contributed by atoms with E-state index < -0.39 is 17.7 Å². The van der Waals surface area contributed by atoms with E-state index in [2.05, 4.69) is 4.99 Å². The van der Waals surface area contributed by atoms with Crippen molar-refractivity contribution in [2.24, 2.45) is 4.99 Å². The van der Waals surface area contributed by atoms with Crippen LogP contribution in [-0.4, -0.2) is 36.0 Å². The van der Waals surface area contributed by atoms with Crippen LogP contribution in [0, 0.1) is 25.5 Å². The van der Waals surface area contributed by atoms with Crippen molar-refractivity contribution in [3.05, 3.63) is 58.7 Å². The third kappa shape index (κ3) is 5.03. The summed E-state index contributed by atoms with van der Waals surface area (Å²) in [5.41, 5.74) is 3.12. The highest BCUT2D eigenvalue weighted by atomic mass is 19.2. The van der Waals surface area contributed by atoms with Gasteiger partial charge >= 0.3 is 6.09 Å². The van der Waals surface area contributed by atoms with Crippen LogP contribution in [-0.2, 0) is 6.54 Å². The molecule has 2 aromatic rings. The molecular formula is C20H23F2N3O2. The number of hydrogen-bond donors (Lipinski definition) is 1. The molecule has 2 rings (SSSR count). The van der Waals surface area contributed by atoms with Crippen LogP contribution in [0.4, 0.5) is 25.0 Å². The van der Waals surface area contributed by atoms with Crippen molar-refractivity contribution in [3.8, 4) is 0 Å². The molecule has 27 heavy (non-hydrogen) atoms. The number of carbonyl (C=O) groups is 1. The number of benzene rings is 2. The van der Waals surface area contributed by atoms with E-state index in [-0.39, 0.29) is 6.54 Å². The van der Waals surface area contributed by atoms with Gasteiger partial charge in [-0.15, -0.1) is 0 Å². The first-order chi connectivity index (χ1) is 12.7. The molecule has 0 saturated carbocycles. The van der Waals surface area contributed by atoms with Gasteiger partial charge in [0.2, 0.25) is 0 Å². The molecule has 0 aliphatic heterocycles. The predicted molar refractivity (Wildman–Crippen MR) is 103 cm³/mol. The maximum absolute atomic E-state index is 13.4. The normalized spacial score (nSPS) is 11.0. The lowest BCUT2D eigenvalue weighted by Crippen LogP contribution is -2.29. The summed E-state index contributed by atoms with van der Waals surface area (Å²) in [5, 5.41) is 9.63. The van der Waals surface area contributed by atoms with Crippen LogP contribution in [0.2, 0.25) is 0 Å². The number of aliphatic imine (C=N–C) groups is 1.